The number of hydrogen-bond donors (Lipinski definition) is 2. The molecule has 0 saturated heterocycles. The minimum atomic E-state index is -3.54. The van der Waals surface area contributed by atoms with Gasteiger partial charge in [-0.3, -0.25) is 0 Å². The van der Waals surface area contributed by atoms with Crippen LogP contribution in [0, 0.1) is 0 Å². The second-order valence-electron chi connectivity index (χ2n) is 12.2. The maximum atomic E-state index is 12.0. The molecule has 0 saturated carbocycles. The Labute approximate surface area is 300 Å². The number of aromatic nitrogens is 8. The van der Waals surface area contributed by atoms with Gasteiger partial charge in [0.2, 0.25) is 21.7 Å². The Kier molecular flexibility index (Phi) is 13.5. The highest BCUT2D eigenvalue weighted by Crippen LogP contribution is 2.26. The van der Waals surface area contributed by atoms with E-state index in [2.05, 4.69) is 73.7 Å². The summed E-state index contributed by atoms with van der Waals surface area (Å²) in [5.41, 5.74) is 5.67. The van der Waals surface area contributed by atoms with Gasteiger partial charge < -0.3 is 10.6 Å². The van der Waals surface area contributed by atoms with E-state index in [9.17, 15) is 8.42 Å². The third kappa shape index (κ3) is 8.96. The maximum Gasteiger partial charge on any atom is 0.252 e. The van der Waals surface area contributed by atoms with Crippen LogP contribution in [0.1, 0.15) is 103 Å². The van der Waals surface area contributed by atoms with Crippen molar-refractivity contribution in [3.8, 4) is 0 Å². The zero-order chi connectivity index (χ0) is 34.6. The van der Waals surface area contributed by atoms with Gasteiger partial charge in [-0.1, -0.05) is 115 Å². The van der Waals surface area contributed by atoms with Gasteiger partial charge in [-0.15, -0.1) is 0 Å². The number of nitrogens with one attached hydrogen (secondary N) is 2. The third-order valence-corrected chi connectivity index (χ3v) is 9.19. The molecule has 12 nitrogen and oxygen atoms in total. The quantitative estimate of drug-likeness (QED) is 0.132. The Morgan fingerprint density at radius 2 is 1.06 bits per heavy atom. The summed E-state index contributed by atoms with van der Waals surface area (Å²) in [5, 5.41) is 16.1. The summed E-state index contributed by atoms with van der Waals surface area (Å²) in [6.07, 6.45) is 6.69. The predicted octanol–water partition coefficient (Wildman–Crippen LogP) is 8.24. The van der Waals surface area contributed by atoms with Gasteiger partial charge >= 0.3 is 0 Å². The van der Waals surface area contributed by atoms with E-state index in [1.807, 2.05) is 81.8 Å². The average Bonchev–Trinajstić information content (AvgIpc) is 3.71. The number of nitrogens with zero attached hydrogens (tertiary/aromatic N) is 8. The fourth-order valence-electron chi connectivity index (χ4n) is 5.05. The molecule has 0 fully saturated rings. The molecule has 0 unspecified atom stereocenters. The van der Waals surface area contributed by atoms with Crippen molar-refractivity contribution in [1.82, 2.24) is 39.2 Å². The van der Waals surface area contributed by atoms with Crippen molar-refractivity contribution in [2.24, 2.45) is 0 Å². The van der Waals surface area contributed by atoms with Gasteiger partial charge in [0.1, 0.15) is 0 Å². The highest BCUT2D eigenvalue weighted by atomic mass is 32.2. The summed E-state index contributed by atoms with van der Waals surface area (Å²) in [7, 11) is -3.54. The van der Waals surface area contributed by atoms with Gasteiger partial charge in [-0.2, -0.15) is 34.2 Å². The fourth-order valence-corrected chi connectivity index (χ4v) is 5.91. The molecule has 2 N–H and O–H groups in total. The van der Waals surface area contributed by atoms with E-state index in [0.717, 1.165) is 39.7 Å². The van der Waals surface area contributed by atoms with E-state index in [4.69, 9.17) is 0 Å². The lowest BCUT2D eigenvalue weighted by Gasteiger charge is -2.16. The molecule has 0 aliphatic heterocycles. The molecule has 6 aromatic rings. The van der Waals surface area contributed by atoms with Crippen molar-refractivity contribution in [2.45, 2.75) is 90.6 Å². The molecule has 0 amide bonds. The van der Waals surface area contributed by atoms with Gasteiger partial charge in [0.15, 0.2) is 16.5 Å². The van der Waals surface area contributed by atoms with Crippen LogP contribution in [0.25, 0.3) is 11.3 Å². The van der Waals surface area contributed by atoms with E-state index in [1.54, 1.807) is 27.0 Å². The van der Waals surface area contributed by atoms with Crippen LogP contribution in [0.15, 0.2) is 83.4 Å². The predicted molar refractivity (Wildman–Crippen MR) is 205 cm³/mol. The first kappa shape index (κ1) is 39.9. The highest BCUT2D eigenvalue weighted by Gasteiger charge is 2.21. The van der Waals surface area contributed by atoms with Crippen LogP contribution in [0.3, 0.4) is 0 Å². The van der Waals surface area contributed by atoms with Gasteiger partial charge in [0.05, 0.1) is 24.5 Å². The summed E-state index contributed by atoms with van der Waals surface area (Å²) in [5.74, 6) is 1.62. The number of rotatable bonds is 10. The lowest BCUT2D eigenvalue weighted by atomic mass is 10.1. The van der Waals surface area contributed by atoms with Crippen LogP contribution in [0.2, 0.25) is 0 Å². The Morgan fingerprint density at radius 1 is 0.640 bits per heavy atom. The molecule has 14 heteroatoms. The van der Waals surface area contributed by atoms with Crippen LogP contribution in [-0.2, 0) is 9.84 Å². The maximum absolute atomic E-state index is 12.0. The Balaban J connectivity index is 0.000000261. The van der Waals surface area contributed by atoms with E-state index in [-0.39, 0.29) is 38.0 Å². The standard InChI is InChI=1S/C17H21N5O2S.C17H21N5S.2CH4/c1-11(2)14-10-18-22-15(14)20-17(25(4,23)24)21-16(22)19-12(3)13-8-6-5-7-9-13;1-11(2)14-10-18-22-15(14)20-17(23-4)21-16(22)19-12(3)13-8-6-5-7-9-13;;/h5-12H,1-4H3,(H,19,20,21);5-12H,1-4H3,(H,19,20,21);2*1H4/t2*12-;;/m00../s1. The van der Waals surface area contributed by atoms with E-state index >= 15 is 0 Å². The Bertz CT molecular complexity index is 2100. The number of hydrogen-bond acceptors (Lipinski definition) is 11. The minimum absolute atomic E-state index is 0. The van der Waals surface area contributed by atoms with Crippen LogP contribution >= 0.6 is 11.8 Å². The molecule has 0 bridgehead atoms. The first-order valence-corrected chi connectivity index (χ1v) is 18.9. The van der Waals surface area contributed by atoms with Crippen molar-refractivity contribution in [1.29, 1.82) is 0 Å². The van der Waals surface area contributed by atoms with E-state index in [0.29, 0.717) is 17.5 Å². The molecule has 50 heavy (non-hydrogen) atoms. The number of fused-ring (bicyclic) bond motifs is 2. The van der Waals surface area contributed by atoms with Crippen LogP contribution in [0.5, 0.6) is 0 Å². The van der Waals surface area contributed by atoms with Gasteiger partial charge in [0.25, 0.3) is 5.16 Å². The highest BCUT2D eigenvalue weighted by molar-refractivity contribution is 7.98. The third-order valence-electron chi connectivity index (χ3n) is 7.80. The SMILES string of the molecule is C.C.CC(C)c1cnn2c(N[C@@H](C)c3ccccc3)nc(S(C)(=O)=O)nc12.CSc1nc(N[C@@H](C)c2ccccc2)n2ncc(C(C)C)c2n1. The van der Waals surface area contributed by atoms with Crippen LogP contribution in [-0.4, -0.2) is 60.1 Å². The molecule has 6 rings (SSSR count). The normalized spacial score (nSPS) is 12.5. The van der Waals surface area contributed by atoms with Crippen LogP contribution in [0.4, 0.5) is 11.9 Å². The second-order valence-corrected chi connectivity index (χ2v) is 14.9. The van der Waals surface area contributed by atoms with Crippen molar-refractivity contribution in [3.05, 3.63) is 95.3 Å². The second kappa shape index (κ2) is 16.9. The molecule has 2 atom stereocenters. The van der Waals surface area contributed by atoms with Crippen molar-refractivity contribution >= 4 is 44.8 Å². The van der Waals surface area contributed by atoms with Crippen molar-refractivity contribution < 1.29 is 8.42 Å². The lowest BCUT2D eigenvalue weighted by Crippen LogP contribution is -2.16. The van der Waals surface area contributed by atoms with Crippen molar-refractivity contribution in [3.63, 3.8) is 0 Å². The zero-order valence-corrected chi connectivity index (χ0v) is 30.1. The van der Waals surface area contributed by atoms with E-state index < -0.39 is 9.84 Å². The Morgan fingerprint density at radius 3 is 1.46 bits per heavy atom. The lowest BCUT2D eigenvalue weighted by molar-refractivity contribution is 0.591. The molecule has 2 aromatic carbocycles. The van der Waals surface area contributed by atoms with Gasteiger partial charge in [-0.25, -0.2) is 13.4 Å². The molecule has 0 spiro atoms. The zero-order valence-electron chi connectivity index (χ0n) is 28.4. The molecule has 4 aromatic heterocycles. The minimum Gasteiger partial charge on any atom is -0.348 e. The largest absolute Gasteiger partial charge is 0.348 e. The molecule has 268 valence electrons. The number of benzene rings is 2. The molecule has 0 radical (unpaired) electrons. The first-order valence-electron chi connectivity index (χ1n) is 15.8. The summed E-state index contributed by atoms with van der Waals surface area (Å²) in [6.45, 7) is 12.4. The van der Waals surface area contributed by atoms with Gasteiger partial charge in [-0.05, 0) is 43.1 Å². The topological polar surface area (TPSA) is 144 Å². The average molecular weight is 719 g/mol. The molecule has 4 heterocycles. The summed E-state index contributed by atoms with van der Waals surface area (Å²) in [6, 6.07) is 20.2. The summed E-state index contributed by atoms with van der Waals surface area (Å²) < 4.78 is 27.4. The van der Waals surface area contributed by atoms with Gasteiger partial charge in [0, 0.05) is 17.4 Å². The number of anilines is 2. The first-order chi connectivity index (χ1) is 22.9. The summed E-state index contributed by atoms with van der Waals surface area (Å²) in [4.78, 5) is 17.7. The van der Waals surface area contributed by atoms with E-state index in [1.165, 1.54) is 5.56 Å². The monoisotopic (exact) mass is 718 g/mol. The summed E-state index contributed by atoms with van der Waals surface area (Å²) >= 11 is 1.54. The number of thioether (sulfide) groups is 1. The Hall–Kier alpha value is -4.56. The molecular formula is C36H50N10O2S2. The van der Waals surface area contributed by atoms with Crippen LogP contribution < -0.4 is 10.6 Å². The molecule has 0 aliphatic carbocycles. The molecular weight excluding hydrogens is 669 g/mol. The van der Waals surface area contributed by atoms with Crippen molar-refractivity contribution in [2.75, 3.05) is 23.1 Å². The smallest absolute Gasteiger partial charge is 0.252 e. The molecule has 0 aliphatic rings. The fraction of sp³-hybridized carbons (Fsp3) is 0.389. The number of sulfone groups is 1.